The van der Waals surface area contributed by atoms with Gasteiger partial charge in [-0.15, -0.1) is 0 Å². The van der Waals surface area contributed by atoms with E-state index in [1.54, 1.807) is 3.58 Å². The van der Waals surface area contributed by atoms with Gasteiger partial charge >= 0.3 is 218 Å². The van der Waals surface area contributed by atoms with Gasteiger partial charge in [-0.25, -0.2) is 0 Å². The third-order valence-electron chi connectivity index (χ3n) is 9.69. The summed E-state index contributed by atoms with van der Waals surface area (Å²) in [5.41, 5.74) is 1.23. The minimum Gasteiger partial charge on any atom is -0.412 e. The molecule has 1 aromatic rings. The molecule has 0 radical (unpaired) electrons. The van der Waals surface area contributed by atoms with E-state index in [1.165, 1.54) is 102 Å². The molecule has 198 valence electrons. The van der Waals surface area contributed by atoms with E-state index in [0.29, 0.717) is 0 Å². The van der Waals surface area contributed by atoms with Crippen LogP contribution >= 0.6 is 11.6 Å². The molecule has 0 aromatic heterocycles. The molecule has 3 aliphatic carbocycles. The second-order valence-electron chi connectivity index (χ2n) is 11.2. The quantitative estimate of drug-likeness (QED) is 0.113. The maximum absolute atomic E-state index is 10.3. The van der Waals surface area contributed by atoms with Crippen molar-refractivity contribution in [2.24, 2.45) is 5.16 Å². The standard InChI is InChI=1S/C11H14ClN2O.3C6H11.H2O.Sn/c1-3-14(4-2)11(13-15)9-5-7-10(12)8-6-9;3*1-2-4-6-5-3-1;;/h5,7-8,15H,3-4H2,1-2H3;3*1H,2-6H2;1H2;. The molecule has 4 rings (SSSR count). The van der Waals surface area contributed by atoms with Gasteiger partial charge in [-0.05, 0) is 0 Å². The molecule has 1 aromatic carbocycles. The summed E-state index contributed by atoms with van der Waals surface area (Å²) < 4.78 is 4.39. The average molecular weight is 612 g/mol. The maximum Gasteiger partial charge on any atom is -0.412 e. The van der Waals surface area contributed by atoms with E-state index < -0.39 is 18.4 Å². The van der Waals surface area contributed by atoms with E-state index in [0.717, 1.165) is 35.7 Å². The Bertz CT molecular complexity index is 765. The summed E-state index contributed by atoms with van der Waals surface area (Å²) in [7, 11) is 0. The first kappa shape index (κ1) is 29.1. The maximum atomic E-state index is 10.3. The van der Waals surface area contributed by atoms with Gasteiger partial charge in [-0.2, -0.15) is 0 Å². The van der Waals surface area contributed by atoms with E-state index in [-0.39, 0.29) is 5.48 Å². The van der Waals surface area contributed by atoms with E-state index in [2.05, 4.69) is 36.0 Å². The Labute approximate surface area is 223 Å². The molecule has 4 nitrogen and oxygen atoms in total. The summed E-state index contributed by atoms with van der Waals surface area (Å²) >= 11 is 3.76. The van der Waals surface area contributed by atoms with Gasteiger partial charge in [-0.1, -0.05) is 0 Å². The topological polar surface area (TPSA) is 67.3 Å². The first-order valence-corrected chi connectivity index (χ1v) is 21.2. The summed E-state index contributed by atoms with van der Waals surface area (Å²) in [6.45, 7) is 6.06. The first-order valence-electron chi connectivity index (χ1n) is 14.4. The predicted molar refractivity (Wildman–Crippen MR) is 152 cm³/mol. The fourth-order valence-corrected chi connectivity index (χ4v) is 32.9. The van der Waals surface area contributed by atoms with Gasteiger partial charge < -0.3 is 5.48 Å². The van der Waals surface area contributed by atoms with Crippen LogP contribution in [-0.4, -0.2) is 52.9 Å². The Morgan fingerprint density at radius 2 is 1.26 bits per heavy atom. The summed E-state index contributed by atoms with van der Waals surface area (Å²) in [5, 5.41) is 15.2. The van der Waals surface area contributed by atoms with Crippen LogP contribution in [0.3, 0.4) is 0 Å². The molecule has 3 aliphatic rings. The number of halogens is 1. The molecule has 0 unspecified atom stereocenters. The van der Waals surface area contributed by atoms with E-state index in [9.17, 15) is 5.21 Å². The van der Waals surface area contributed by atoms with Crippen molar-refractivity contribution in [3.63, 3.8) is 0 Å². The van der Waals surface area contributed by atoms with Crippen LogP contribution in [0.2, 0.25) is 16.8 Å². The number of rotatable bonds is 7. The van der Waals surface area contributed by atoms with Gasteiger partial charge in [-0.3, -0.25) is 0 Å². The summed E-state index contributed by atoms with van der Waals surface area (Å²) in [6, 6.07) is 6.68. The second-order valence-corrected chi connectivity index (χ2v) is 25.5. The molecule has 0 spiro atoms. The first-order chi connectivity index (χ1) is 16.7. The zero-order valence-corrected chi connectivity index (χ0v) is 25.8. The van der Waals surface area contributed by atoms with Gasteiger partial charge in [0.2, 0.25) is 0 Å². The second kappa shape index (κ2) is 13.9. The van der Waals surface area contributed by atoms with Crippen LogP contribution in [0.25, 0.3) is 0 Å². The number of hydrogen-bond donors (Lipinski definition) is 1. The molecule has 35 heavy (non-hydrogen) atoms. The number of nitrogens with zero attached hydrogens (tertiary/aromatic N) is 2. The van der Waals surface area contributed by atoms with Crippen molar-refractivity contribution in [2.75, 3.05) is 13.1 Å². The van der Waals surface area contributed by atoms with Gasteiger partial charge in [0.15, 0.2) is 0 Å². The summed E-state index contributed by atoms with van der Waals surface area (Å²) in [6.07, 6.45) is 21.3. The largest absolute Gasteiger partial charge is 0.412 e. The molecule has 3 N–H and O–H groups in total. The molecular weight excluding hydrogens is 562 g/mol. The Morgan fingerprint density at radius 3 is 1.63 bits per heavy atom. The fourth-order valence-electron chi connectivity index (χ4n) is 8.28. The molecule has 0 saturated heterocycles. The Morgan fingerprint density at radius 1 is 0.829 bits per heavy atom. The predicted octanol–water partition coefficient (Wildman–Crippen LogP) is 7.65. The summed E-state index contributed by atoms with van der Waals surface area (Å²) in [4.78, 5) is 2.24. The fraction of sp³-hybridized carbons (Fsp3) is 0.759. The van der Waals surface area contributed by atoms with Gasteiger partial charge in [0.1, 0.15) is 0 Å². The van der Waals surface area contributed by atoms with E-state index in [1.807, 2.05) is 6.07 Å². The molecule has 0 amide bonds. The number of oxime groups is 1. The minimum absolute atomic E-state index is 0. The zero-order chi connectivity index (χ0) is 24.0. The number of hydrogen-bond acceptors (Lipinski definition) is 2. The SMILES string of the molecule is CCN(CC)C(=NO)c1ccc(Cl)c[c]1[Sn]([CH]1CCCCC1)([CH]1CCCCC1)[CH]1CCCCC1.O. The Hall–Kier alpha value is -0.461. The van der Waals surface area contributed by atoms with Crippen LogP contribution in [0, 0.1) is 0 Å². The molecule has 0 aliphatic heterocycles. The molecule has 0 bridgehead atoms. The Balaban J connectivity index is 0.00000342. The molecule has 0 atom stereocenters. The van der Waals surface area contributed by atoms with E-state index >= 15 is 0 Å². The normalized spacial score (nSPS) is 21.5. The monoisotopic (exact) mass is 612 g/mol. The average Bonchev–Trinajstić information content (AvgIpc) is 2.90. The minimum atomic E-state index is -3.10. The van der Waals surface area contributed by atoms with Crippen molar-refractivity contribution < 1.29 is 10.7 Å². The molecule has 6 heteroatoms. The molecule has 3 saturated carbocycles. The third-order valence-corrected chi connectivity index (χ3v) is 30.3. The molecule has 0 heterocycles. The van der Waals surface area contributed by atoms with Crippen LogP contribution < -0.4 is 3.58 Å². The zero-order valence-electron chi connectivity index (χ0n) is 22.2. The van der Waals surface area contributed by atoms with Crippen LogP contribution in [0.15, 0.2) is 23.4 Å². The number of amidine groups is 1. The smallest absolute Gasteiger partial charge is 0.412 e. The van der Waals surface area contributed by atoms with Gasteiger partial charge in [0.25, 0.3) is 0 Å². The molecular formula is C29H49ClN2O2Sn. The number of benzene rings is 1. The van der Waals surface area contributed by atoms with Gasteiger partial charge in [0.05, 0.1) is 0 Å². The Kier molecular flexibility index (Phi) is 11.6. The van der Waals surface area contributed by atoms with Crippen LogP contribution in [0.5, 0.6) is 0 Å². The van der Waals surface area contributed by atoms with Crippen molar-refractivity contribution in [3.8, 4) is 0 Å². The summed E-state index contributed by atoms with van der Waals surface area (Å²) in [5.74, 6) is 0.792. The van der Waals surface area contributed by atoms with Crippen molar-refractivity contribution in [1.82, 2.24) is 4.90 Å². The van der Waals surface area contributed by atoms with Crippen LogP contribution in [0.1, 0.15) is 116 Å². The van der Waals surface area contributed by atoms with Crippen molar-refractivity contribution in [1.29, 1.82) is 0 Å². The van der Waals surface area contributed by atoms with Crippen molar-refractivity contribution in [3.05, 3.63) is 28.8 Å². The third kappa shape index (κ3) is 6.00. The molecule has 3 fully saturated rings. The van der Waals surface area contributed by atoms with Gasteiger partial charge in [0, 0.05) is 0 Å². The van der Waals surface area contributed by atoms with Crippen molar-refractivity contribution >= 4 is 39.4 Å². The van der Waals surface area contributed by atoms with E-state index in [4.69, 9.17) is 11.6 Å². The van der Waals surface area contributed by atoms with Crippen LogP contribution in [-0.2, 0) is 0 Å². The van der Waals surface area contributed by atoms with Crippen LogP contribution in [0.4, 0.5) is 0 Å². The van der Waals surface area contributed by atoms with Crippen molar-refractivity contribution in [2.45, 2.75) is 122 Å².